The van der Waals surface area contributed by atoms with Gasteiger partial charge in [-0.15, -0.1) is 0 Å². The van der Waals surface area contributed by atoms with Crippen LogP contribution >= 0.6 is 0 Å². The molecule has 96 valence electrons. The molecule has 0 amide bonds. The van der Waals surface area contributed by atoms with Crippen LogP contribution in [-0.4, -0.2) is 31.5 Å². The molecule has 3 nitrogen and oxygen atoms in total. The molecule has 0 unspecified atom stereocenters. The third kappa shape index (κ3) is 6.41. The van der Waals surface area contributed by atoms with Gasteiger partial charge in [0.05, 0.1) is 19.8 Å². The Morgan fingerprint density at radius 1 is 1.24 bits per heavy atom. The summed E-state index contributed by atoms with van der Waals surface area (Å²) in [6.45, 7) is 7.26. The van der Waals surface area contributed by atoms with E-state index in [2.05, 4.69) is 31.3 Å². The summed E-state index contributed by atoms with van der Waals surface area (Å²) in [4.78, 5) is 0. The van der Waals surface area contributed by atoms with E-state index in [4.69, 9.17) is 9.84 Å². The van der Waals surface area contributed by atoms with Gasteiger partial charge in [0.1, 0.15) is 0 Å². The van der Waals surface area contributed by atoms with Crippen molar-refractivity contribution >= 4 is 0 Å². The Kier molecular flexibility index (Phi) is 6.19. The third-order valence-corrected chi connectivity index (χ3v) is 2.50. The zero-order chi connectivity index (χ0) is 12.6. The fraction of sp³-hybridized carbons (Fsp3) is 0.571. The second-order valence-electron chi connectivity index (χ2n) is 5.03. The predicted octanol–water partition coefficient (Wildman–Crippen LogP) is 1.81. The van der Waals surface area contributed by atoms with Gasteiger partial charge in [0.2, 0.25) is 0 Å². The molecule has 1 rings (SSSR count). The number of hydrogen-bond donors (Lipinski definition) is 2. The first-order chi connectivity index (χ1) is 8.14. The summed E-state index contributed by atoms with van der Waals surface area (Å²) < 4.78 is 5.36. The highest BCUT2D eigenvalue weighted by molar-refractivity contribution is 5.14. The Bertz CT molecular complexity index is 298. The van der Waals surface area contributed by atoms with Gasteiger partial charge in [0, 0.05) is 18.5 Å². The fourth-order valence-corrected chi connectivity index (χ4v) is 1.61. The van der Waals surface area contributed by atoms with Crippen LogP contribution in [0.15, 0.2) is 30.3 Å². The molecule has 0 aromatic heterocycles. The van der Waals surface area contributed by atoms with Gasteiger partial charge in [-0.25, -0.2) is 0 Å². The summed E-state index contributed by atoms with van der Waals surface area (Å²) >= 11 is 0. The third-order valence-electron chi connectivity index (χ3n) is 2.50. The number of ether oxygens (including phenoxy) is 1. The Morgan fingerprint density at radius 2 is 1.94 bits per heavy atom. The highest BCUT2D eigenvalue weighted by atomic mass is 16.5. The largest absolute Gasteiger partial charge is 0.394 e. The van der Waals surface area contributed by atoms with Crippen molar-refractivity contribution in [1.29, 1.82) is 0 Å². The molecule has 17 heavy (non-hydrogen) atoms. The monoisotopic (exact) mass is 237 g/mol. The van der Waals surface area contributed by atoms with Gasteiger partial charge in [0.25, 0.3) is 0 Å². The highest BCUT2D eigenvalue weighted by Gasteiger charge is 2.17. The Balaban J connectivity index is 2.20. The van der Waals surface area contributed by atoms with Crippen LogP contribution in [0.3, 0.4) is 0 Å². The molecule has 0 atom stereocenters. The molecule has 0 spiro atoms. The van der Waals surface area contributed by atoms with Crippen LogP contribution in [0.5, 0.6) is 0 Å². The predicted molar refractivity (Wildman–Crippen MR) is 69.8 cm³/mol. The van der Waals surface area contributed by atoms with Gasteiger partial charge in [-0.2, -0.15) is 0 Å². The molecule has 0 radical (unpaired) electrons. The van der Waals surface area contributed by atoms with E-state index in [1.165, 1.54) is 5.56 Å². The summed E-state index contributed by atoms with van der Waals surface area (Å²) in [6.07, 6.45) is 0. The summed E-state index contributed by atoms with van der Waals surface area (Å²) in [5.74, 6) is 0. The topological polar surface area (TPSA) is 41.5 Å². The van der Waals surface area contributed by atoms with Crippen molar-refractivity contribution in [2.75, 3.05) is 26.4 Å². The van der Waals surface area contributed by atoms with Crippen LogP contribution in [0.2, 0.25) is 0 Å². The zero-order valence-corrected chi connectivity index (χ0v) is 10.8. The van der Waals surface area contributed by atoms with E-state index < -0.39 is 0 Å². The van der Waals surface area contributed by atoms with Crippen LogP contribution in [0, 0.1) is 5.41 Å². The van der Waals surface area contributed by atoms with Gasteiger partial charge in [-0.3, -0.25) is 0 Å². The minimum absolute atomic E-state index is 0.0873. The summed E-state index contributed by atoms with van der Waals surface area (Å²) in [5, 5.41) is 12.1. The Morgan fingerprint density at radius 3 is 2.59 bits per heavy atom. The minimum Gasteiger partial charge on any atom is -0.394 e. The molecule has 0 aliphatic carbocycles. The molecule has 0 saturated heterocycles. The molecule has 3 heteroatoms. The molecular weight excluding hydrogens is 214 g/mol. The van der Waals surface area contributed by atoms with Crippen molar-refractivity contribution in [1.82, 2.24) is 5.32 Å². The van der Waals surface area contributed by atoms with Gasteiger partial charge in [-0.1, -0.05) is 44.2 Å². The maximum atomic E-state index is 8.65. The molecular formula is C14H23NO2. The first-order valence-electron chi connectivity index (χ1n) is 6.07. The SMILES string of the molecule is CC(C)(CNCc1ccccc1)COCCO. The lowest BCUT2D eigenvalue weighted by Gasteiger charge is -2.24. The lowest BCUT2D eigenvalue weighted by molar-refractivity contribution is 0.0393. The van der Waals surface area contributed by atoms with Gasteiger partial charge < -0.3 is 15.2 Å². The fourth-order valence-electron chi connectivity index (χ4n) is 1.61. The van der Waals surface area contributed by atoms with Crippen LogP contribution in [0.25, 0.3) is 0 Å². The highest BCUT2D eigenvalue weighted by Crippen LogP contribution is 2.14. The Hall–Kier alpha value is -0.900. The number of benzene rings is 1. The first kappa shape index (κ1) is 14.2. The molecule has 0 bridgehead atoms. The molecule has 1 aromatic rings. The smallest absolute Gasteiger partial charge is 0.0697 e. The molecule has 0 heterocycles. The average Bonchev–Trinajstić information content (AvgIpc) is 2.30. The van der Waals surface area contributed by atoms with E-state index in [0.29, 0.717) is 13.2 Å². The summed E-state index contributed by atoms with van der Waals surface area (Å²) in [7, 11) is 0. The van der Waals surface area contributed by atoms with E-state index in [1.807, 2.05) is 18.2 Å². The quantitative estimate of drug-likeness (QED) is 0.678. The number of aliphatic hydroxyl groups is 1. The molecule has 0 aliphatic heterocycles. The van der Waals surface area contributed by atoms with E-state index in [0.717, 1.165) is 13.1 Å². The maximum absolute atomic E-state index is 8.65. The standard InChI is InChI=1S/C14H23NO2/c1-14(2,12-17-9-8-16)11-15-10-13-6-4-3-5-7-13/h3-7,15-16H,8-12H2,1-2H3. The van der Waals surface area contributed by atoms with Crippen molar-refractivity contribution in [2.24, 2.45) is 5.41 Å². The van der Waals surface area contributed by atoms with E-state index in [9.17, 15) is 0 Å². The van der Waals surface area contributed by atoms with Gasteiger partial charge >= 0.3 is 0 Å². The van der Waals surface area contributed by atoms with Crippen molar-refractivity contribution in [3.63, 3.8) is 0 Å². The molecule has 0 fully saturated rings. The van der Waals surface area contributed by atoms with Gasteiger partial charge in [0.15, 0.2) is 0 Å². The van der Waals surface area contributed by atoms with E-state index >= 15 is 0 Å². The summed E-state index contributed by atoms with van der Waals surface area (Å²) in [5.41, 5.74) is 1.38. The number of aliphatic hydroxyl groups excluding tert-OH is 1. The second kappa shape index (κ2) is 7.43. The molecule has 0 saturated carbocycles. The zero-order valence-electron chi connectivity index (χ0n) is 10.8. The first-order valence-corrected chi connectivity index (χ1v) is 6.07. The van der Waals surface area contributed by atoms with E-state index in [1.54, 1.807) is 0 Å². The van der Waals surface area contributed by atoms with Crippen molar-refractivity contribution in [2.45, 2.75) is 20.4 Å². The average molecular weight is 237 g/mol. The lowest BCUT2D eigenvalue weighted by Crippen LogP contribution is -2.33. The van der Waals surface area contributed by atoms with Crippen LogP contribution < -0.4 is 5.32 Å². The lowest BCUT2D eigenvalue weighted by atomic mass is 9.95. The molecule has 2 N–H and O–H groups in total. The summed E-state index contributed by atoms with van der Waals surface area (Å²) in [6, 6.07) is 10.3. The molecule has 1 aromatic carbocycles. The van der Waals surface area contributed by atoms with Crippen LogP contribution in [-0.2, 0) is 11.3 Å². The number of nitrogens with one attached hydrogen (secondary N) is 1. The normalized spacial score (nSPS) is 11.7. The number of hydrogen-bond acceptors (Lipinski definition) is 3. The second-order valence-corrected chi connectivity index (χ2v) is 5.03. The van der Waals surface area contributed by atoms with Crippen LogP contribution in [0.4, 0.5) is 0 Å². The van der Waals surface area contributed by atoms with E-state index in [-0.39, 0.29) is 12.0 Å². The minimum atomic E-state index is 0.0873. The Labute approximate surface area is 104 Å². The number of rotatable bonds is 8. The van der Waals surface area contributed by atoms with Crippen LogP contribution in [0.1, 0.15) is 19.4 Å². The maximum Gasteiger partial charge on any atom is 0.0697 e. The molecule has 0 aliphatic rings. The van der Waals surface area contributed by atoms with Crippen molar-refractivity contribution < 1.29 is 9.84 Å². The van der Waals surface area contributed by atoms with Gasteiger partial charge in [-0.05, 0) is 5.56 Å². The van der Waals surface area contributed by atoms with Crippen molar-refractivity contribution in [3.05, 3.63) is 35.9 Å². The van der Waals surface area contributed by atoms with Crippen molar-refractivity contribution in [3.8, 4) is 0 Å².